The molecule has 1 aromatic carbocycles. The molecule has 0 saturated carbocycles. The molecule has 0 aliphatic carbocycles. The third kappa shape index (κ3) is 4.31. The molecule has 4 heteroatoms. The van der Waals surface area contributed by atoms with E-state index in [4.69, 9.17) is 4.74 Å². The Bertz CT molecular complexity index is 618. The van der Waals surface area contributed by atoms with Crippen molar-refractivity contribution in [2.45, 2.75) is 27.2 Å². The van der Waals surface area contributed by atoms with E-state index in [-0.39, 0.29) is 5.91 Å². The lowest BCUT2D eigenvalue weighted by molar-refractivity contribution is -0.116. The molecule has 21 heavy (non-hydrogen) atoms. The lowest BCUT2D eigenvalue weighted by atomic mass is 10.1. The average molecular weight is 284 g/mol. The number of anilines is 1. The smallest absolute Gasteiger partial charge is 0.228 e. The fourth-order valence-corrected chi connectivity index (χ4v) is 2.09. The molecule has 0 atom stereocenters. The second-order valence-electron chi connectivity index (χ2n) is 5.03. The zero-order valence-electron chi connectivity index (χ0n) is 12.6. The minimum atomic E-state index is -0.0978. The van der Waals surface area contributed by atoms with Crippen LogP contribution in [0.2, 0.25) is 0 Å². The maximum Gasteiger partial charge on any atom is 0.228 e. The molecule has 0 aliphatic rings. The molecule has 0 saturated heterocycles. The number of benzene rings is 1. The van der Waals surface area contributed by atoms with Gasteiger partial charge in [0.25, 0.3) is 0 Å². The molecule has 0 aliphatic heterocycles. The molecule has 0 unspecified atom stereocenters. The number of pyridine rings is 1. The number of aromatic nitrogens is 1. The van der Waals surface area contributed by atoms with Crippen molar-refractivity contribution >= 4 is 11.7 Å². The Labute approximate surface area is 125 Å². The van der Waals surface area contributed by atoms with E-state index in [1.165, 1.54) is 0 Å². The van der Waals surface area contributed by atoms with Crippen molar-refractivity contribution in [3.8, 4) is 5.75 Å². The Morgan fingerprint density at radius 2 is 1.76 bits per heavy atom. The average Bonchev–Trinajstić information content (AvgIpc) is 2.42. The molecule has 0 bridgehead atoms. The monoisotopic (exact) mass is 284 g/mol. The van der Waals surface area contributed by atoms with Crippen molar-refractivity contribution in [3.05, 3.63) is 53.2 Å². The van der Waals surface area contributed by atoms with Crippen LogP contribution in [0.4, 0.5) is 5.82 Å². The molecule has 2 aromatic rings. The highest BCUT2D eigenvalue weighted by atomic mass is 16.5. The molecular formula is C17H20N2O2. The number of nitrogens with zero attached hydrogens (tertiary/aromatic N) is 1. The lowest BCUT2D eigenvalue weighted by Crippen LogP contribution is -2.16. The highest BCUT2D eigenvalue weighted by molar-refractivity contribution is 5.89. The van der Waals surface area contributed by atoms with Crippen LogP contribution >= 0.6 is 0 Å². The Morgan fingerprint density at radius 3 is 2.43 bits per heavy atom. The topological polar surface area (TPSA) is 51.2 Å². The normalized spacial score (nSPS) is 10.2. The fourth-order valence-electron chi connectivity index (χ4n) is 2.09. The number of carbonyl (C=O) groups is 1. The summed E-state index contributed by atoms with van der Waals surface area (Å²) in [6.07, 6.45) is 0.295. The zero-order valence-corrected chi connectivity index (χ0v) is 12.6. The lowest BCUT2D eigenvalue weighted by Gasteiger charge is -2.11. The third-order valence-electron chi connectivity index (χ3n) is 3.14. The van der Waals surface area contributed by atoms with Crippen LogP contribution in [0.1, 0.15) is 23.2 Å². The van der Waals surface area contributed by atoms with Gasteiger partial charge in [-0.15, -0.1) is 0 Å². The first-order valence-electron chi connectivity index (χ1n) is 6.99. The number of hydrogen-bond acceptors (Lipinski definition) is 3. The standard InChI is InChI=1S/C17H20N2O2/c1-12-6-4-7-13(2)17(12)21-11-10-16(20)19-15-9-5-8-14(3)18-15/h4-9H,10-11H2,1-3H3,(H,18,19,20). The summed E-state index contributed by atoms with van der Waals surface area (Å²) in [4.78, 5) is 16.1. The van der Waals surface area contributed by atoms with Gasteiger partial charge in [0.2, 0.25) is 5.91 Å². The second kappa shape index (κ2) is 6.88. The summed E-state index contributed by atoms with van der Waals surface area (Å²) in [5, 5.41) is 2.77. The summed E-state index contributed by atoms with van der Waals surface area (Å²) in [5.74, 6) is 1.34. The number of amides is 1. The van der Waals surface area contributed by atoms with Gasteiger partial charge in [0.1, 0.15) is 11.6 Å². The summed E-state index contributed by atoms with van der Waals surface area (Å²) in [6, 6.07) is 11.5. The molecule has 1 amide bonds. The second-order valence-corrected chi connectivity index (χ2v) is 5.03. The largest absolute Gasteiger partial charge is 0.493 e. The van der Waals surface area contributed by atoms with E-state index in [0.29, 0.717) is 18.8 Å². The van der Waals surface area contributed by atoms with Gasteiger partial charge in [-0.2, -0.15) is 0 Å². The number of nitrogens with one attached hydrogen (secondary N) is 1. The highest BCUT2D eigenvalue weighted by Gasteiger charge is 2.06. The van der Waals surface area contributed by atoms with Crippen molar-refractivity contribution in [1.29, 1.82) is 0 Å². The molecule has 1 heterocycles. The molecule has 1 aromatic heterocycles. The Balaban J connectivity index is 1.85. The number of carbonyl (C=O) groups excluding carboxylic acids is 1. The Hall–Kier alpha value is -2.36. The first kappa shape index (κ1) is 15.0. The summed E-state index contributed by atoms with van der Waals surface area (Å²) in [7, 11) is 0. The SMILES string of the molecule is Cc1cccc(NC(=O)CCOc2c(C)cccc2C)n1. The minimum Gasteiger partial charge on any atom is -0.493 e. The molecule has 1 N–H and O–H groups in total. The van der Waals surface area contributed by atoms with Crippen molar-refractivity contribution < 1.29 is 9.53 Å². The van der Waals surface area contributed by atoms with Gasteiger partial charge < -0.3 is 10.1 Å². The first-order chi connectivity index (χ1) is 10.1. The van der Waals surface area contributed by atoms with Crippen LogP contribution < -0.4 is 10.1 Å². The quantitative estimate of drug-likeness (QED) is 0.915. The van der Waals surface area contributed by atoms with Gasteiger partial charge >= 0.3 is 0 Å². The van der Waals surface area contributed by atoms with Crippen LogP contribution in [0.3, 0.4) is 0 Å². The summed E-state index contributed by atoms with van der Waals surface area (Å²) in [5.41, 5.74) is 3.03. The van der Waals surface area contributed by atoms with Crippen molar-refractivity contribution in [1.82, 2.24) is 4.98 Å². The molecular weight excluding hydrogens is 264 g/mol. The number of hydrogen-bond donors (Lipinski definition) is 1. The van der Waals surface area contributed by atoms with Crippen LogP contribution in [-0.2, 0) is 4.79 Å². The first-order valence-corrected chi connectivity index (χ1v) is 6.99. The van der Waals surface area contributed by atoms with Gasteiger partial charge in [0.15, 0.2) is 0 Å². The van der Waals surface area contributed by atoms with Gasteiger partial charge in [-0.25, -0.2) is 4.98 Å². The van der Waals surface area contributed by atoms with Crippen molar-refractivity contribution in [2.75, 3.05) is 11.9 Å². The van der Waals surface area contributed by atoms with Crippen molar-refractivity contribution in [3.63, 3.8) is 0 Å². The molecule has 0 radical (unpaired) electrons. The van der Waals surface area contributed by atoms with Crippen LogP contribution in [0.15, 0.2) is 36.4 Å². The molecule has 110 valence electrons. The van der Waals surface area contributed by atoms with Crippen LogP contribution in [-0.4, -0.2) is 17.5 Å². The number of rotatable bonds is 5. The van der Waals surface area contributed by atoms with Crippen LogP contribution in [0.5, 0.6) is 5.75 Å². The molecule has 2 rings (SSSR count). The summed E-state index contributed by atoms with van der Waals surface area (Å²) >= 11 is 0. The van der Waals surface area contributed by atoms with Crippen LogP contribution in [0.25, 0.3) is 0 Å². The Kier molecular flexibility index (Phi) is 4.93. The number of ether oxygens (including phenoxy) is 1. The van der Waals surface area contributed by atoms with Gasteiger partial charge in [0, 0.05) is 5.69 Å². The fraction of sp³-hybridized carbons (Fsp3) is 0.294. The Morgan fingerprint density at radius 1 is 1.10 bits per heavy atom. The van der Waals surface area contributed by atoms with E-state index >= 15 is 0 Å². The van der Waals surface area contributed by atoms with Crippen molar-refractivity contribution in [2.24, 2.45) is 0 Å². The van der Waals surface area contributed by atoms with E-state index in [9.17, 15) is 4.79 Å². The zero-order chi connectivity index (χ0) is 15.2. The molecule has 0 fully saturated rings. The van der Waals surface area contributed by atoms with Crippen LogP contribution in [0, 0.1) is 20.8 Å². The van der Waals surface area contributed by atoms with E-state index in [1.54, 1.807) is 6.07 Å². The van der Waals surface area contributed by atoms with E-state index < -0.39 is 0 Å². The summed E-state index contributed by atoms with van der Waals surface area (Å²) in [6.45, 7) is 6.24. The maximum atomic E-state index is 11.9. The maximum absolute atomic E-state index is 11.9. The molecule has 0 spiro atoms. The van der Waals surface area contributed by atoms with Gasteiger partial charge in [-0.3, -0.25) is 4.79 Å². The predicted molar refractivity (Wildman–Crippen MR) is 83.6 cm³/mol. The number of aryl methyl sites for hydroxylation is 3. The van der Waals surface area contributed by atoms with E-state index in [0.717, 1.165) is 22.6 Å². The predicted octanol–water partition coefficient (Wildman–Crippen LogP) is 3.41. The summed E-state index contributed by atoms with van der Waals surface area (Å²) < 4.78 is 5.72. The highest BCUT2D eigenvalue weighted by Crippen LogP contribution is 2.22. The third-order valence-corrected chi connectivity index (χ3v) is 3.14. The molecule has 4 nitrogen and oxygen atoms in total. The van der Waals surface area contributed by atoms with Gasteiger partial charge in [-0.05, 0) is 44.0 Å². The van der Waals surface area contributed by atoms with E-state index in [1.807, 2.05) is 51.1 Å². The number of para-hydroxylation sites is 1. The van der Waals surface area contributed by atoms with Gasteiger partial charge in [-0.1, -0.05) is 24.3 Å². The van der Waals surface area contributed by atoms with E-state index in [2.05, 4.69) is 10.3 Å². The minimum absolute atomic E-state index is 0.0978. The van der Waals surface area contributed by atoms with Gasteiger partial charge in [0.05, 0.1) is 13.0 Å².